The van der Waals surface area contributed by atoms with E-state index in [0.717, 1.165) is 74.4 Å². The Morgan fingerprint density at radius 2 is 1.02 bits per heavy atom. The monoisotopic (exact) mass is 786 g/mol. The molecule has 14 heteroatoms. The highest BCUT2D eigenvalue weighted by atomic mass is 16.5. The third-order valence-corrected chi connectivity index (χ3v) is 11.0. The Morgan fingerprint density at radius 1 is 0.621 bits per heavy atom. The number of ether oxygens (including phenoxy) is 2. The Bertz CT molecular complexity index is 2000. The second kappa shape index (κ2) is 18.7. The first-order valence-electron chi connectivity index (χ1n) is 19.9. The highest BCUT2D eigenvalue weighted by molar-refractivity contribution is 5.88. The highest BCUT2D eigenvalue weighted by Crippen LogP contribution is 2.34. The van der Waals surface area contributed by atoms with Gasteiger partial charge in [0.1, 0.15) is 23.7 Å². The van der Waals surface area contributed by atoms with Crippen LogP contribution in [-0.2, 0) is 44.7 Å². The van der Waals surface area contributed by atoms with Gasteiger partial charge in [-0.05, 0) is 73.6 Å². The number of alkyl carbamates (subject to hydrolysis) is 2. The third-order valence-electron chi connectivity index (χ3n) is 11.0. The largest absolute Gasteiger partial charge is 0.453 e. The van der Waals surface area contributed by atoms with Crippen LogP contribution in [0.3, 0.4) is 0 Å². The van der Waals surface area contributed by atoms with Crippen LogP contribution >= 0.6 is 0 Å². The standard InChI is InChI=1S/C44H50N8O6/c1-57-43(55)49-37(31-11-5-3-6-12-31)41(53)51-25-9-15-35(51)39-45-27-33(47-39)23-21-29-17-19-30(20-18-29)22-24-34-28-46-40(48-34)36-16-10-26-52(36)42(54)38(50-44(56)58-2)32-13-7-4-8-14-32/h3-8,11-14,17-20,27-28,35-38H,9-10,15-16,21-26H2,1-2H3,(H,45,47)(H,46,48)(H,49,55)(H,50,56)/t35-,36-,37+,38+/m0/s1. The molecule has 2 aliphatic heterocycles. The first kappa shape index (κ1) is 39.8. The van der Waals surface area contributed by atoms with Crippen LogP contribution in [-0.4, -0.2) is 81.0 Å². The number of amides is 4. The van der Waals surface area contributed by atoms with E-state index in [0.29, 0.717) is 24.2 Å². The van der Waals surface area contributed by atoms with Gasteiger partial charge in [-0.1, -0.05) is 84.9 Å². The van der Waals surface area contributed by atoms with Crippen molar-refractivity contribution in [2.24, 2.45) is 0 Å². The average molecular weight is 787 g/mol. The van der Waals surface area contributed by atoms with Gasteiger partial charge in [0.25, 0.3) is 11.8 Å². The summed E-state index contributed by atoms with van der Waals surface area (Å²) in [6, 6.07) is 24.9. The maximum atomic E-state index is 13.8. The Labute approximate surface area is 337 Å². The zero-order valence-corrected chi connectivity index (χ0v) is 32.9. The van der Waals surface area contributed by atoms with E-state index in [4.69, 9.17) is 9.47 Å². The molecule has 0 radical (unpaired) electrons. The summed E-state index contributed by atoms with van der Waals surface area (Å²) in [4.78, 5) is 71.9. The lowest BCUT2D eigenvalue weighted by molar-refractivity contribution is -0.135. The molecule has 0 bridgehead atoms. The summed E-state index contributed by atoms with van der Waals surface area (Å²) < 4.78 is 9.64. The Kier molecular flexibility index (Phi) is 12.8. The number of H-pyrrole nitrogens is 2. The number of nitrogens with one attached hydrogen (secondary N) is 4. The molecule has 3 aromatic carbocycles. The molecule has 4 N–H and O–H groups in total. The molecule has 302 valence electrons. The van der Waals surface area contributed by atoms with Crippen LogP contribution in [0, 0.1) is 0 Å². The molecule has 2 saturated heterocycles. The number of methoxy groups -OCH3 is 2. The highest BCUT2D eigenvalue weighted by Gasteiger charge is 2.38. The van der Waals surface area contributed by atoms with Crippen LogP contribution in [0.4, 0.5) is 9.59 Å². The molecule has 7 rings (SSSR count). The Hall–Kier alpha value is -6.44. The number of hydrogen-bond donors (Lipinski definition) is 4. The van der Waals surface area contributed by atoms with Crippen LogP contribution in [0.1, 0.15) is 95.1 Å². The number of aromatic amines is 2. The van der Waals surface area contributed by atoms with Crippen LogP contribution in [0.25, 0.3) is 0 Å². The number of benzene rings is 3. The molecule has 0 aliphatic carbocycles. The van der Waals surface area contributed by atoms with E-state index in [1.807, 2.05) is 73.1 Å². The molecule has 0 spiro atoms. The van der Waals surface area contributed by atoms with Crippen molar-refractivity contribution in [2.45, 2.75) is 75.5 Å². The number of imidazole rings is 2. The maximum Gasteiger partial charge on any atom is 0.407 e. The van der Waals surface area contributed by atoms with Crippen molar-refractivity contribution in [1.29, 1.82) is 0 Å². The average Bonchev–Trinajstić information content (AvgIpc) is 4.11. The van der Waals surface area contributed by atoms with Gasteiger partial charge in [-0.25, -0.2) is 19.6 Å². The van der Waals surface area contributed by atoms with Gasteiger partial charge in [0.2, 0.25) is 0 Å². The maximum absolute atomic E-state index is 13.8. The van der Waals surface area contributed by atoms with Gasteiger partial charge in [0.15, 0.2) is 0 Å². The topological polar surface area (TPSA) is 175 Å². The summed E-state index contributed by atoms with van der Waals surface area (Å²) in [5.74, 6) is 1.12. The van der Waals surface area contributed by atoms with Crippen LogP contribution in [0.5, 0.6) is 0 Å². The summed E-state index contributed by atoms with van der Waals surface area (Å²) in [5.41, 5.74) is 5.80. The fraction of sp³-hybridized carbons (Fsp3) is 0.364. The van der Waals surface area contributed by atoms with E-state index in [1.165, 1.54) is 25.3 Å². The van der Waals surface area contributed by atoms with Gasteiger partial charge in [0, 0.05) is 36.9 Å². The smallest absolute Gasteiger partial charge is 0.407 e. The minimum atomic E-state index is -0.860. The first-order chi connectivity index (χ1) is 28.3. The molecule has 4 amide bonds. The second-order valence-electron chi connectivity index (χ2n) is 14.7. The van der Waals surface area contributed by atoms with Gasteiger partial charge >= 0.3 is 12.2 Å². The van der Waals surface area contributed by atoms with Crippen molar-refractivity contribution in [3.63, 3.8) is 0 Å². The SMILES string of the molecule is COC(=O)N[C@@H](C(=O)N1CCC[C@H]1c1ncc(CCc2ccc(CCc3cnc([C@@H]4CCCN4C(=O)[C@H](NC(=O)OC)c4ccccc4)[nH]3)cc2)[nH]1)c1ccccc1. The molecular weight excluding hydrogens is 737 g/mol. The van der Waals surface area contributed by atoms with Crippen molar-refractivity contribution in [2.75, 3.05) is 27.3 Å². The number of likely N-dealkylation sites (tertiary alicyclic amines) is 2. The van der Waals surface area contributed by atoms with E-state index in [-0.39, 0.29) is 23.9 Å². The second-order valence-corrected chi connectivity index (χ2v) is 14.7. The van der Waals surface area contributed by atoms with Crippen molar-refractivity contribution >= 4 is 24.0 Å². The van der Waals surface area contributed by atoms with Crippen LogP contribution in [0.15, 0.2) is 97.3 Å². The summed E-state index contributed by atoms with van der Waals surface area (Å²) in [6.45, 7) is 1.15. The zero-order chi connectivity index (χ0) is 40.4. The van der Waals surface area contributed by atoms with Crippen molar-refractivity contribution in [1.82, 2.24) is 40.4 Å². The normalized spacial score (nSPS) is 17.4. The molecule has 4 atom stereocenters. The number of carbonyl (C=O) groups excluding carboxylic acids is 4. The van der Waals surface area contributed by atoms with E-state index < -0.39 is 24.3 Å². The minimum absolute atomic E-state index is 0.193. The predicted octanol–water partition coefficient (Wildman–Crippen LogP) is 6.22. The van der Waals surface area contributed by atoms with Gasteiger partial charge in [0.05, 0.1) is 26.3 Å². The van der Waals surface area contributed by atoms with Crippen molar-refractivity contribution in [3.8, 4) is 0 Å². The molecule has 2 fully saturated rings. The van der Waals surface area contributed by atoms with Crippen molar-refractivity contribution in [3.05, 3.63) is 143 Å². The quantitative estimate of drug-likeness (QED) is 0.103. The lowest BCUT2D eigenvalue weighted by atomic mass is 10.0. The number of carbonyl (C=O) groups is 4. The van der Waals surface area contributed by atoms with Crippen LogP contribution < -0.4 is 10.6 Å². The summed E-state index contributed by atoms with van der Waals surface area (Å²) in [6.07, 6.45) is 8.83. The van der Waals surface area contributed by atoms with Gasteiger partial charge in [-0.3, -0.25) is 9.59 Å². The molecule has 2 aromatic heterocycles. The lowest BCUT2D eigenvalue weighted by Crippen LogP contribution is -2.42. The van der Waals surface area contributed by atoms with Gasteiger partial charge in [-0.15, -0.1) is 0 Å². The van der Waals surface area contributed by atoms with E-state index >= 15 is 0 Å². The molecule has 5 aromatic rings. The Morgan fingerprint density at radius 3 is 1.40 bits per heavy atom. The summed E-state index contributed by atoms with van der Waals surface area (Å²) >= 11 is 0. The summed E-state index contributed by atoms with van der Waals surface area (Å²) in [5, 5.41) is 5.43. The number of aryl methyl sites for hydroxylation is 4. The Balaban J connectivity index is 0.914. The first-order valence-corrected chi connectivity index (χ1v) is 19.9. The zero-order valence-electron chi connectivity index (χ0n) is 32.9. The fourth-order valence-electron chi connectivity index (χ4n) is 7.96. The van der Waals surface area contributed by atoms with Crippen LogP contribution in [0.2, 0.25) is 0 Å². The van der Waals surface area contributed by atoms with Gasteiger partial charge < -0.3 is 39.9 Å². The number of hydrogen-bond acceptors (Lipinski definition) is 8. The number of aromatic nitrogens is 4. The molecule has 0 saturated carbocycles. The molecule has 14 nitrogen and oxygen atoms in total. The molecule has 58 heavy (non-hydrogen) atoms. The van der Waals surface area contributed by atoms with Gasteiger partial charge in [-0.2, -0.15) is 0 Å². The third kappa shape index (κ3) is 9.39. The summed E-state index contributed by atoms with van der Waals surface area (Å²) in [7, 11) is 2.57. The van der Waals surface area contributed by atoms with Crippen molar-refractivity contribution < 1.29 is 28.7 Å². The molecule has 4 heterocycles. The van der Waals surface area contributed by atoms with E-state index in [2.05, 4.69) is 54.8 Å². The molecular formula is C44H50N8O6. The molecule has 2 aliphatic rings. The molecule has 0 unspecified atom stereocenters. The predicted molar refractivity (Wildman–Crippen MR) is 215 cm³/mol. The lowest BCUT2D eigenvalue weighted by Gasteiger charge is -2.28. The fourth-order valence-corrected chi connectivity index (χ4v) is 7.96. The minimum Gasteiger partial charge on any atom is -0.453 e. The number of rotatable bonds is 14. The van der Waals surface area contributed by atoms with E-state index in [9.17, 15) is 19.2 Å². The van der Waals surface area contributed by atoms with E-state index in [1.54, 1.807) is 9.80 Å². The number of nitrogens with zero attached hydrogens (tertiary/aromatic N) is 4.